The molecule has 1 saturated heterocycles. The van der Waals surface area contributed by atoms with Crippen LogP contribution in [-0.4, -0.2) is 19.3 Å². The van der Waals surface area contributed by atoms with Crippen LogP contribution in [0.25, 0.3) is 0 Å². The van der Waals surface area contributed by atoms with Crippen molar-refractivity contribution in [1.82, 2.24) is 4.31 Å². The van der Waals surface area contributed by atoms with Crippen molar-refractivity contribution >= 4 is 10.0 Å². The Hall–Kier alpha value is -2.16. The van der Waals surface area contributed by atoms with Gasteiger partial charge in [0.05, 0.1) is 22.6 Å². The predicted molar refractivity (Wildman–Crippen MR) is 74.2 cm³/mol. The van der Waals surface area contributed by atoms with Gasteiger partial charge in [-0.05, 0) is 29.8 Å². The second kappa shape index (κ2) is 4.75. The maximum Gasteiger partial charge on any atom is 0.243 e. The van der Waals surface area contributed by atoms with E-state index in [1.165, 1.54) is 28.6 Å². The molecule has 0 N–H and O–H groups in total. The average Bonchev–Trinajstić information content (AvgIpc) is 3.29. The molecular weight excluding hydrogens is 272 g/mol. The Bertz CT molecular complexity index is 762. The zero-order valence-corrected chi connectivity index (χ0v) is 11.4. The van der Waals surface area contributed by atoms with Gasteiger partial charge in [0.25, 0.3) is 0 Å². The van der Waals surface area contributed by atoms with E-state index in [1.54, 1.807) is 0 Å². The van der Waals surface area contributed by atoms with Gasteiger partial charge in [-0.2, -0.15) is 9.57 Å². The smallest absolute Gasteiger partial charge is 0.207 e. The Balaban J connectivity index is 1.85. The molecule has 0 spiro atoms. The molecule has 4 nitrogen and oxygen atoms in total. The highest BCUT2D eigenvalue weighted by Crippen LogP contribution is 2.40. The summed E-state index contributed by atoms with van der Waals surface area (Å²) < 4.78 is 26.3. The van der Waals surface area contributed by atoms with Crippen molar-refractivity contribution in [3.05, 3.63) is 65.7 Å². The molecule has 2 atom stereocenters. The summed E-state index contributed by atoms with van der Waals surface area (Å²) in [7, 11) is -3.46. The fraction of sp³-hybridized carbons (Fsp3) is 0.133. The van der Waals surface area contributed by atoms with Gasteiger partial charge in [0, 0.05) is 6.54 Å². The van der Waals surface area contributed by atoms with Gasteiger partial charge < -0.3 is 0 Å². The molecule has 2 aromatic carbocycles. The van der Waals surface area contributed by atoms with Crippen molar-refractivity contribution < 1.29 is 8.42 Å². The zero-order chi connectivity index (χ0) is 14.2. The van der Waals surface area contributed by atoms with Crippen LogP contribution in [0.5, 0.6) is 0 Å². The molecule has 20 heavy (non-hydrogen) atoms. The summed E-state index contributed by atoms with van der Waals surface area (Å²) in [6, 6.07) is 17.5. The minimum atomic E-state index is -3.46. The van der Waals surface area contributed by atoms with Gasteiger partial charge in [0.1, 0.15) is 0 Å². The molecule has 0 amide bonds. The lowest BCUT2D eigenvalue weighted by molar-refractivity contribution is 0.554. The molecule has 0 saturated carbocycles. The Morgan fingerprint density at radius 2 is 1.70 bits per heavy atom. The lowest BCUT2D eigenvalue weighted by Crippen LogP contribution is -2.12. The first-order chi connectivity index (χ1) is 9.63. The van der Waals surface area contributed by atoms with E-state index in [4.69, 9.17) is 5.26 Å². The Morgan fingerprint density at radius 3 is 2.30 bits per heavy atom. The number of rotatable bonds is 3. The van der Waals surface area contributed by atoms with Crippen LogP contribution in [0.3, 0.4) is 0 Å². The van der Waals surface area contributed by atoms with Gasteiger partial charge in [-0.25, -0.2) is 8.42 Å². The number of hydrogen-bond acceptors (Lipinski definition) is 3. The third kappa shape index (κ3) is 2.20. The third-order valence-corrected chi connectivity index (χ3v) is 5.23. The Labute approximate surface area is 117 Å². The van der Waals surface area contributed by atoms with E-state index in [1.807, 2.05) is 36.4 Å². The molecule has 0 bridgehead atoms. The quantitative estimate of drug-likeness (QED) is 0.812. The van der Waals surface area contributed by atoms with Gasteiger partial charge in [0.2, 0.25) is 10.0 Å². The molecule has 1 aliphatic rings. The van der Waals surface area contributed by atoms with Crippen LogP contribution in [0.2, 0.25) is 0 Å². The molecule has 100 valence electrons. The van der Waals surface area contributed by atoms with Crippen LogP contribution >= 0.6 is 0 Å². The molecule has 0 aromatic heterocycles. The zero-order valence-electron chi connectivity index (χ0n) is 10.6. The van der Waals surface area contributed by atoms with Crippen molar-refractivity contribution in [2.75, 3.05) is 6.54 Å². The van der Waals surface area contributed by atoms with E-state index in [0.717, 1.165) is 5.56 Å². The standard InChI is InChI=1S/C15H12N2O2S/c16-10-12-6-8-14(9-7-12)20(18,19)17-11-15(17)13-4-2-1-3-5-13/h1-9,15H,11H2. The van der Waals surface area contributed by atoms with Gasteiger partial charge in [0.15, 0.2) is 0 Å². The minimum absolute atomic E-state index is 0.0724. The number of benzene rings is 2. The number of nitrogens with zero attached hydrogens (tertiary/aromatic N) is 2. The maximum atomic E-state index is 12.4. The van der Waals surface area contributed by atoms with Gasteiger partial charge in [-0.15, -0.1) is 0 Å². The first-order valence-electron chi connectivity index (χ1n) is 6.20. The van der Waals surface area contributed by atoms with Crippen LogP contribution in [0, 0.1) is 11.3 Å². The highest BCUT2D eigenvalue weighted by Gasteiger charge is 2.45. The molecule has 1 fully saturated rings. The number of hydrogen-bond donors (Lipinski definition) is 0. The summed E-state index contributed by atoms with van der Waals surface area (Å²) in [6.45, 7) is 0.506. The molecule has 1 heterocycles. The first-order valence-corrected chi connectivity index (χ1v) is 7.64. The van der Waals surface area contributed by atoms with Crippen molar-refractivity contribution in [2.24, 2.45) is 0 Å². The first kappa shape index (κ1) is 12.9. The van der Waals surface area contributed by atoms with Crippen molar-refractivity contribution in [2.45, 2.75) is 10.9 Å². The number of sulfonamides is 1. The topological polar surface area (TPSA) is 60.9 Å². The summed E-state index contributed by atoms with van der Waals surface area (Å²) in [4.78, 5) is 0.231. The summed E-state index contributed by atoms with van der Waals surface area (Å²) >= 11 is 0. The molecule has 5 heteroatoms. The van der Waals surface area contributed by atoms with Crippen molar-refractivity contribution in [3.63, 3.8) is 0 Å². The van der Waals surface area contributed by atoms with E-state index in [2.05, 4.69) is 0 Å². The van der Waals surface area contributed by atoms with Gasteiger partial charge in [-0.1, -0.05) is 30.3 Å². The molecular formula is C15H12N2O2S. The Morgan fingerprint density at radius 1 is 1.05 bits per heavy atom. The van der Waals surface area contributed by atoms with Crippen LogP contribution in [-0.2, 0) is 10.0 Å². The Kier molecular flexibility index (Phi) is 3.05. The second-order valence-corrected chi connectivity index (χ2v) is 6.53. The van der Waals surface area contributed by atoms with Crippen LogP contribution in [0.1, 0.15) is 17.2 Å². The van der Waals surface area contributed by atoms with Crippen LogP contribution in [0.15, 0.2) is 59.5 Å². The molecule has 2 unspecified atom stereocenters. The van der Waals surface area contributed by atoms with Crippen molar-refractivity contribution in [1.29, 1.82) is 5.26 Å². The molecule has 1 aliphatic heterocycles. The highest BCUT2D eigenvalue weighted by molar-refractivity contribution is 7.89. The van der Waals surface area contributed by atoms with E-state index < -0.39 is 10.0 Å². The SMILES string of the molecule is N#Cc1ccc(S(=O)(=O)N2CC2c2ccccc2)cc1. The van der Waals surface area contributed by atoms with E-state index in [9.17, 15) is 8.42 Å². The predicted octanol–water partition coefficient (Wildman–Crippen LogP) is 2.30. The summed E-state index contributed by atoms with van der Waals surface area (Å²) in [5.41, 5.74) is 1.46. The summed E-state index contributed by atoms with van der Waals surface area (Å²) in [5.74, 6) is 0. The van der Waals surface area contributed by atoms with Crippen molar-refractivity contribution in [3.8, 4) is 6.07 Å². The van der Waals surface area contributed by atoms with E-state index in [0.29, 0.717) is 12.1 Å². The fourth-order valence-corrected chi connectivity index (χ4v) is 3.72. The lowest BCUT2D eigenvalue weighted by atomic mass is 10.2. The monoisotopic (exact) mass is 284 g/mol. The van der Waals surface area contributed by atoms with Gasteiger partial charge in [-0.3, -0.25) is 0 Å². The minimum Gasteiger partial charge on any atom is -0.207 e. The summed E-state index contributed by atoms with van der Waals surface area (Å²) in [6.07, 6.45) is 0. The maximum absolute atomic E-state index is 12.4. The average molecular weight is 284 g/mol. The van der Waals surface area contributed by atoms with E-state index in [-0.39, 0.29) is 10.9 Å². The molecule has 3 rings (SSSR count). The fourth-order valence-electron chi connectivity index (χ4n) is 2.17. The molecule has 0 aliphatic carbocycles. The van der Waals surface area contributed by atoms with Gasteiger partial charge >= 0.3 is 0 Å². The summed E-state index contributed by atoms with van der Waals surface area (Å²) in [5, 5.41) is 8.73. The molecule has 2 aromatic rings. The van der Waals surface area contributed by atoms with E-state index >= 15 is 0 Å². The second-order valence-electron chi connectivity index (χ2n) is 4.64. The normalized spacial score (nSPS) is 21.1. The third-order valence-electron chi connectivity index (χ3n) is 3.34. The lowest BCUT2D eigenvalue weighted by Gasteiger charge is -2.06. The largest absolute Gasteiger partial charge is 0.243 e. The van der Waals surface area contributed by atoms with Crippen LogP contribution < -0.4 is 0 Å². The molecule has 0 radical (unpaired) electrons. The number of nitriles is 1. The highest BCUT2D eigenvalue weighted by atomic mass is 32.2. The van der Waals surface area contributed by atoms with Crippen LogP contribution in [0.4, 0.5) is 0 Å².